The van der Waals surface area contributed by atoms with E-state index < -0.39 is 0 Å². The van der Waals surface area contributed by atoms with Gasteiger partial charge in [0.05, 0.1) is 0 Å². The van der Waals surface area contributed by atoms with E-state index in [4.69, 9.17) is 0 Å². The van der Waals surface area contributed by atoms with Gasteiger partial charge < -0.3 is 0 Å². The Morgan fingerprint density at radius 3 is 2.71 bits per heavy atom. The van der Waals surface area contributed by atoms with Crippen LogP contribution in [0.5, 0.6) is 5.75 Å². The molecule has 0 saturated carbocycles. The molecule has 0 N–H and O–H groups in total. The van der Waals surface area contributed by atoms with Crippen molar-refractivity contribution < 1.29 is 5.11 Å². The molecule has 2 aromatic rings. The second-order valence-corrected chi connectivity index (χ2v) is 3.27. The lowest BCUT2D eigenvalue weighted by atomic mass is 10.0. The fourth-order valence-electron chi connectivity index (χ4n) is 1.60. The van der Waals surface area contributed by atoms with Crippen LogP contribution in [-0.4, -0.2) is 0 Å². The Morgan fingerprint density at radius 2 is 1.93 bits per heavy atom. The molecule has 0 fully saturated rings. The SMILES string of the molecule is C=CCc1ccc2ccccc2c1[O]. The molecular weight excluding hydrogens is 172 g/mol. The van der Waals surface area contributed by atoms with Crippen LogP contribution in [0.1, 0.15) is 5.56 Å². The molecule has 1 heteroatoms. The van der Waals surface area contributed by atoms with Crippen LogP contribution in [0, 0.1) is 0 Å². The molecule has 0 spiro atoms. The lowest BCUT2D eigenvalue weighted by Crippen LogP contribution is -1.82. The summed E-state index contributed by atoms with van der Waals surface area (Å²) in [7, 11) is 0. The summed E-state index contributed by atoms with van der Waals surface area (Å²) in [5.74, 6) is 0.128. The first-order chi connectivity index (χ1) is 6.83. The number of benzene rings is 2. The van der Waals surface area contributed by atoms with Gasteiger partial charge in [0, 0.05) is 10.9 Å². The van der Waals surface area contributed by atoms with E-state index in [0.717, 1.165) is 16.3 Å². The first kappa shape index (κ1) is 8.82. The molecule has 0 aliphatic carbocycles. The Hall–Kier alpha value is -1.76. The summed E-state index contributed by atoms with van der Waals surface area (Å²) in [4.78, 5) is 0. The fraction of sp³-hybridized carbons (Fsp3) is 0.0769. The van der Waals surface area contributed by atoms with Crippen LogP contribution in [-0.2, 0) is 11.5 Å². The number of hydrogen-bond donors (Lipinski definition) is 0. The molecule has 1 nitrogen and oxygen atoms in total. The Labute approximate surface area is 83.3 Å². The van der Waals surface area contributed by atoms with E-state index >= 15 is 0 Å². The summed E-state index contributed by atoms with van der Waals surface area (Å²) in [6, 6.07) is 11.5. The maximum Gasteiger partial charge on any atom is 0.189 e. The molecule has 0 aliphatic rings. The molecule has 0 heterocycles. The van der Waals surface area contributed by atoms with Gasteiger partial charge in [-0.05, 0) is 11.8 Å². The van der Waals surface area contributed by atoms with Crippen molar-refractivity contribution >= 4 is 10.8 Å². The van der Waals surface area contributed by atoms with Crippen molar-refractivity contribution in [2.45, 2.75) is 6.42 Å². The van der Waals surface area contributed by atoms with Gasteiger partial charge in [-0.25, -0.2) is 0 Å². The summed E-state index contributed by atoms with van der Waals surface area (Å²) in [5, 5.41) is 13.7. The van der Waals surface area contributed by atoms with E-state index in [1.807, 2.05) is 36.4 Å². The average Bonchev–Trinajstić information content (AvgIpc) is 2.23. The van der Waals surface area contributed by atoms with Crippen molar-refractivity contribution in [3.8, 4) is 5.75 Å². The molecule has 0 unspecified atom stereocenters. The minimum Gasteiger partial charge on any atom is -0.289 e. The quantitative estimate of drug-likeness (QED) is 0.632. The molecule has 0 bridgehead atoms. The molecule has 69 valence electrons. The molecule has 1 radical (unpaired) electrons. The summed E-state index contributed by atoms with van der Waals surface area (Å²) in [5.41, 5.74) is 0.818. The van der Waals surface area contributed by atoms with Gasteiger partial charge in [-0.15, -0.1) is 6.58 Å². The Balaban J connectivity index is 2.68. The van der Waals surface area contributed by atoms with Crippen molar-refractivity contribution in [1.29, 1.82) is 0 Å². The minimum atomic E-state index is 0.128. The standard InChI is InChI=1S/C13H11O/c1-2-5-11-9-8-10-6-3-4-7-12(10)13(11)14/h2-4,6-9H,1,5H2. The topological polar surface area (TPSA) is 19.9 Å². The smallest absolute Gasteiger partial charge is 0.189 e. The maximum atomic E-state index is 11.9. The lowest BCUT2D eigenvalue weighted by Gasteiger charge is -2.02. The van der Waals surface area contributed by atoms with E-state index in [1.54, 1.807) is 6.08 Å². The number of allylic oxidation sites excluding steroid dienone is 1. The molecule has 2 aromatic carbocycles. The third-order valence-corrected chi connectivity index (χ3v) is 2.33. The minimum absolute atomic E-state index is 0.128. The van der Waals surface area contributed by atoms with Crippen molar-refractivity contribution in [2.24, 2.45) is 0 Å². The Bertz CT molecular complexity index is 472. The van der Waals surface area contributed by atoms with Gasteiger partial charge in [-0.1, -0.05) is 42.5 Å². The highest BCUT2D eigenvalue weighted by atomic mass is 16.3. The van der Waals surface area contributed by atoms with Crippen LogP contribution >= 0.6 is 0 Å². The first-order valence-corrected chi connectivity index (χ1v) is 4.61. The van der Waals surface area contributed by atoms with E-state index in [2.05, 4.69) is 6.58 Å². The second-order valence-electron chi connectivity index (χ2n) is 3.27. The number of rotatable bonds is 2. The summed E-state index contributed by atoms with van der Waals surface area (Å²) >= 11 is 0. The van der Waals surface area contributed by atoms with Crippen LogP contribution in [0.2, 0.25) is 0 Å². The molecule has 0 atom stereocenters. The summed E-state index contributed by atoms with van der Waals surface area (Å²) in [6.45, 7) is 3.64. The van der Waals surface area contributed by atoms with Crippen LogP contribution in [0.25, 0.3) is 10.8 Å². The summed E-state index contributed by atoms with van der Waals surface area (Å²) < 4.78 is 0. The van der Waals surface area contributed by atoms with Gasteiger partial charge in [0.15, 0.2) is 5.75 Å². The Morgan fingerprint density at radius 1 is 1.14 bits per heavy atom. The third kappa shape index (κ3) is 1.37. The van der Waals surface area contributed by atoms with Crippen LogP contribution in [0.15, 0.2) is 49.1 Å². The van der Waals surface area contributed by atoms with E-state index in [0.29, 0.717) is 6.42 Å². The van der Waals surface area contributed by atoms with Gasteiger partial charge in [0.25, 0.3) is 0 Å². The molecular formula is C13H11O. The zero-order chi connectivity index (χ0) is 9.97. The van der Waals surface area contributed by atoms with Crippen LogP contribution in [0.3, 0.4) is 0 Å². The van der Waals surface area contributed by atoms with Gasteiger partial charge >= 0.3 is 0 Å². The predicted octanol–water partition coefficient (Wildman–Crippen LogP) is 3.71. The van der Waals surface area contributed by atoms with Crippen molar-refractivity contribution in [3.63, 3.8) is 0 Å². The maximum absolute atomic E-state index is 11.9. The Kier molecular flexibility index (Phi) is 2.23. The number of fused-ring (bicyclic) bond motifs is 1. The lowest BCUT2D eigenvalue weighted by molar-refractivity contribution is 0.356. The average molecular weight is 183 g/mol. The molecule has 0 saturated heterocycles. The first-order valence-electron chi connectivity index (χ1n) is 4.61. The highest BCUT2D eigenvalue weighted by Gasteiger charge is 2.05. The zero-order valence-electron chi connectivity index (χ0n) is 7.86. The fourth-order valence-corrected chi connectivity index (χ4v) is 1.60. The molecule has 0 aromatic heterocycles. The van der Waals surface area contributed by atoms with Gasteiger partial charge in [-0.2, -0.15) is 0 Å². The van der Waals surface area contributed by atoms with E-state index in [1.165, 1.54) is 0 Å². The molecule has 0 aliphatic heterocycles. The highest BCUT2D eigenvalue weighted by molar-refractivity contribution is 5.89. The predicted molar refractivity (Wildman–Crippen MR) is 58.0 cm³/mol. The monoisotopic (exact) mass is 183 g/mol. The molecule has 0 amide bonds. The third-order valence-electron chi connectivity index (χ3n) is 2.33. The van der Waals surface area contributed by atoms with E-state index in [-0.39, 0.29) is 5.75 Å². The normalized spacial score (nSPS) is 10.3. The number of hydrogen-bond acceptors (Lipinski definition) is 0. The van der Waals surface area contributed by atoms with Gasteiger partial charge in [0.2, 0.25) is 0 Å². The summed E-state index contributed by atoms with van der Waals surface area (Å²) in [6.07, 6.45) is 2.40. The van der Waals surface area contributed by atoms with Crippen LogP contribution < -0.4 is 0 Å². The zero-order valence-corrected chi connectivity index (χ0v) is 7.86. The largest absolute Gasteiger partial charge is 0.289 e. The van der Waals surface area contributed by atoms with Gasteiger partial charge in [-0.3, -0.25) is 5.11 Å². The molecule has 14 heavy (non-hydrogen) atoms. The van der Waals surface area contributed by atoms with Gasteiger partial charge in [0.1, 0.15) is 0 Å². The van der Waals surface area contributed by atoms with Crippen molar-refractivity contribution in [1.82, 2.24) is 0 Å². The highest BCUT2D eigenvalue weighted by Crippen LogP contribution is 2.29. The van der Waals surface area contributed by atoms with Crippen molar-refractivity contribution in [3.05, 3.63) is 54.6 Å². The second kappa shape index (κ2) is 3.54. The van der Waals surface area contributed by atoms with E-state index in [9.17, 15) is 5.11 Å². The molecule has 2 rings (SSSR count). The van der Waals surface area contributed by atoms with Crippen LogP contribution in [0.4, 0.5) is 0 Å². The van der Waals surface area contributed by atoms with Crippen molar-refractivity contribution in [2.75, 3.05) is 0 Å².